The lowest BCUT2D eigenvalue weighted by Crippen LogP contribution is -2.30. The summed E-state index contributed by atoms with van der Waals surface area (Å²) in [4.78, 5) is 28.0. The molecule has 1 aromatic heterocycles. The van der Waals surface area contributed by atoms with E-state index in [4.69, 9.17) is 9.47 Å². The largest absolute Gasteiger partial charge is 0.493 e. The maximum absolute atomic E-state index is 12.2. The number of nitrogens with zero attached hydrogens (tertiary/aromatic N) is 1. The molecule has 1 heterocycles. The molecule has 26 heavy (non-hydrogen) atoms. The first-order valence-electron chi connectivity index (χ1n) is 8.38. The molecule has 0 bridgehead atoms. The van der Waals surface area contributed by atoms with E-state index in [1.165, 1.54) is 7.11 Å². The van der Waals surface area contributed by atoms with Gasteiger partial charge in [-0.1, -0.05) is 0 Å². The van der Waals surface area contributed by atoms with Gasteiger partial charge in [0, 0.05) is 37.5 Å². The molecule has 0 aliphatic heterocycles. The van der Waals surface area contributed by atoms with Crippen LogP contribution in [0.15, 0.2) is 42.7 Å². The third-order valence-corrected chi connectivity index (χ3v) is 3.60. The van der Waals surface area contributed by atoms with E-state index < -0.39 is 0 Å². The highest BCUT2D eigenvalue weighted by molar-refractivity contribution is 5.95. The number of carbonyl (C=O) groups excluding carboxylic acids is 2. The molecule has 2 rings (SSSR count). The Hall–Kier alpha value is -3.09. The van der Waals surface area contributed by atoms with Gasteiger partial charge in [-0.25, -0.2) is 0 Å². The summed E-state index contributed by atoms with van der Waals surface area (Å²) in [6.07, 6.45) is 3.55. The van der Waals surface area contributed by atoms with E-state index in [2.05, 4.69) is 15.6 Å². The minimum absolute atomic E-state index is 0.133. The molecule has 0 fully saturated rings. The van der Waals surface area contributed by atoms with Crippen LogP contribution in [0.4, 0.5) is 0 Å². The van der Waals surface area contributed by atoms with E-state index in [9.17, 15) is 9.59 Å². The van der Waals surface area contributed by atoms with Crippen LogP contribution >= 0.6 is 0 Å². The summed E-state index contributed by atoms with van der Waals surface area (Å²) in [6.45, 7) is 3.07. The molecule has 2 amide bonds. The van der Waals surface area contributed by atoms with E-state index in [1.54, 1.807) is 30.6 Å². The van der Waals surface area contributed by atoms with Gasteiger partial charge in [-0.15, -0.1) is 0 Å². The molecular formula is C19H23N3O4. The highest BCUT2D eigenvalue weighted by Gasteiger charge is 2.11. The van der Waals surface area contributed by atoms with Crippen molar-refractivity contribution in [3.8, 4) is 11.5 Å². The van der Waals surface area contributed by atoms with E-state index in [0.717, 1.165) is 5.56 Å². The summed E-state index contributed by atoms with van der Waals surface area (Å²) in [5, 5.41) is 5.52. The lowest BCUT2D eigenvalue weighted by molar-refractivity contribution is -0.121. The minimum atomic E-state index is -0.270. The Morgan fingerprint density at radius 1 is 1.08 bits per heavy atom. The number of rotatable bonds is 9. The zero-order chi connectivity index (χ0) is 18.8. The molecular weight excluding hydrogens is 334 g/mol. The smallest absolute Gasteiger partial charge is 0.251 e. The van der Waals surface area contributed by atoms with Crippen molar-refractivity contribution in [3.05, 3.63) is 53.9 Å². The van der Waals surface area contributed by atoms with Gasteiger partial charge < -0.3 is 20.1 Å². The van der Waals surface area contributed by atoms with Crippen LogP contribution in [0.2, 0.25) is 0 Å². The number of benzene rings is 1. The van der Waals surface area contributed by atoms with Crippen LogP contribution in [0.1, 0.15) is 29.3 Å². The van der Waals surface area contributed by atoms with E-state index in [0.29, 0.717) is 30.2 Å². The molecule has 0 saturated heterocycles. The highest BCUT2D eigenvalue weighted by atomic mass is 16.5. The van der Waals surface area contributed by atoms with Crippen LogP contribution in [-0.2, 0) is 11.3 Å². The van der Waals surface area contributed by atoms with Crippen molar-refractivity contribution in [1.82, 2.24) is 15.6 Å². The summed E-state index contributed by atoms with van der Waals surface area (Å²) >= 11 is 0. The molecule has 0 unspecified atom stereocenters. The SMILES string of the molecule is CCOc1ccc(C(=O)NCCC(=O)NCc2ccncc2)cc1OC. The van der Waals surface area contributed by atoms with Gasteiger partial charge in [0.05, 0.1) is 13.7 Å². The van der Waals surface area contributed by atoms with Crippen molar-refractivity contribution in [2.75, 3.05) is 20.3 Å². The number of carbonyl (C=O) groups is 2. The number of ether oxygens (including phenoxy) is 2. The quantitative estimate of drug-likeness (QED) is 0.716. The summed E-state index contributed by atoms with van der Waals surface area (Å²) in [5.41, 5.74) is 1.42. The molecule has 2 N–H and O–H groups in total. The summed E-state index contributed by atoms with van der Waals surface area (Å²) in [6, 6.07) is 8.64. The third kappa shape index (κ3) is 5.77. The summed E-state index contributed by atoms with van der Waals surface area (Å²) < 4.78 is 10.7. The van der Waals surface area contributed by atoms with Crippen LogP contribution in [0, 0.1) is 0 Å². The van der Waals surface area contributed by atoms with Crippen molar-refractivity contribution in [2.45, 2.75) is 19.9 Å². The molecule has 7 heteroatoms. The van der Waals surface area contributed by atoms with Crippen LogP contribution in [-0.4, -0.2) is 37.1 Å². The molecule has 0 spiro atoms. The molecule has 0 atom stereocenters. The van der Waals surface area contributed by atoms with Crippen molar-refractivity contribution < 1.29 is 19.1 Å². The summed E-state index contributed by atoms with van der Waals surface area (Å²) in [7, 11) is 1.52. The number of amides is 2. The van der Waals surface area contributed by atoms with E-state index >= 15 is 0 Å². The topological polar surface area (TPSA) is 89.5 Å². The lowest BCUT2D eigenvalue weighted by atomic mass is 10.2. The normalized spacial score (nSPS) is 10.1. The van der Waals surface area contributed by atoms with Gasteiger partial charge in [-0.3, -0.25) is 14.6 Å². The molecule has 2 aromatic rings. The Morgan fingerprint density at radius 2 is 1.85 bits per heavy atom. The Balaban J connectivity index is 1.78. The predicted octanol–water partition coefficient (Wildman–Crippen LogP) is 1.93. The fraction of sp³-hybridized carbons (Fsp3) is 0.316. The van der Waals surface area contributed by atoms with Crippen LogP contribution < -0.4 is 20.1 Å². The van der Waals surface area contributed by atoms with E-state index in [1.807, 2.05) is 19.1 Å². The van der Waals surface area contributed by atoms with Gasteiger partial charge in [0.1, 0.15) is 0 Å². The maximum atomic E-state index is 12.2. The Kier molecular flexibility index (Phi) is 7.42. The second-order valence-electron chi connectivity index (χ2n) is 5.44. The zero-order valence-electron chi connectivity index (χ0n) is 15.0. The Bertz CT molecular complexity index is 735. The Labute approximate surface area is 152 Å². The second-order valence-corrected chi connectivity index (χ2v) is 5.44. The average Bonchev–Trinajstić information content (AvgIpc) is 2.67. The fourth-order valence-electron chi connectivity index (χ4n) is 2.26. The number of methoxy groups -OCH3 is 1. The van der Waals surface area contributed by atoms with Crippen LogP contribution in [0.3, 0.4) is 0 Å². The number of nitrogens with one attached hydrogen (secondary N) is 2. The van der Waals surface area contributed by atoms with Crippen LogP contribution in [0.25, 0.3) is 0 Å². The van der Waals surface area contributed by atoms with E-state index in [-0.39, 0.29) is 24.8 Å². The first-order chi connectivity index (χ1) is 12.6. The molecule has 0 saturated carbocycles. The zero-order valence-corrected chi connectivity index (χ0v) is 15.0. The Morgan fingerprint density at radius 3 is 2.54 bits per heavy atom. The van der Waals surface area contributed by atoms with Gasteiger partial charge in [-0.05, 0) is 42.8 Å². The molecule has 0 aliphatic carbocycles. The first kappa shape index (κ1) is 19.2. The molecule has 1 aromatic carbocycles. The fourth-order valence-corrected chi connectivity index (χ4v) is 2.26. The molecule has 0 radical (unpaired) electrons. The third-order valence-electron chi connectivity index (χ3n) is 3.60. The van der Waals surface area contributed by atoms with Crippen molar-refractivity contribution in [2.24, 2.45) is 0 Å². The van der Waals surface area contributed by atoms with Crippen molar-refractivity contribution >= 4 is 11.8 Å². The van der Waals surface area contributed by atoms with Crippen molar-refractivity contribution in [1.29, 1.82) is 0 Å². The van der Waals surface area contributed by atoms with Crippen LogP contribution in [0.5, 0.6) is 11.5 Å². The van der Waals surface area contributed by atoms with Gasteiger partial charge in [0.2, 0.25) is 5.91 Å². The lowest BCUT2D eigenvalue weighted by Gasteiger charge is -2.11. The second kappa shape index (κ2) is 10.0. The van der Waals surface area contributed by atoms with Gasteiger partial charge in [0.25, 0.3) is 5.91 Å². The number of hydrogen-bond acceptors (Lipinski definition) is 5. The predicted molar refractivity (Wildman–Crippen MR) is 97.2 cm³/mol. The van der Waals surface area contributed by atoms with Crippen molar-refractivity contribution in [3.63, 3.8) is 0 Å². The molecule has 0 aliphatic rings. The molecule has 138 valence electrons. The molecule has 7 nitrogen and oxygen atoms in total. The minimum Gasteiger partial charge on any atom is -0.493 e. The van der Waals surface area contributed by atoms with Gasteiger partial charge in [-0.2, -0.15) is 0 Å². The maximum Gasteiger partial charge on any atom is 0.251 e. The van der Waals surface area contributed by atoms with Gasteiger partial charge in [0.15, 0.2) is 11.5 Å². The monoisotopic (exact) mass is 357 g/mol. The standard InChI is InChI=1S/C19H23N3O4/c1-3-26-16-5-4-15(12-17(16)25-2)19(24)21-11-8-18(23)22-13-14-6-9-20-10-7-14/h4-7,9-10,12H,3,8,11,13H2,1-2H3,(H,21,24)(H,22,23). The number of pyridine rings is 1. The highest BCUT2D eigenvalue weighted by Crippen LogP contribution is 2.27. The number of hydrogen-bond donors (Lipinski definition) is 2. The average molecular weight is 357 g/mol. The first-order valence-corrected chi connectivity index (χ1v) is 8.38. The van der Waals surface area contributed by atoms with Gasteiger partial charge >= 0.3 is 0 Å². The summed E-state index contributed by atoms with van der Waals surface area (Å²) in [5.74, 6) is 0.677. The number of aromatic nitrogens is 1.